The summed E-state index contributed by atoms with van der Waals surface area (Å²) in [6, 6.07) is 6.45. The molecule has 2 unspecified atom stereocenters. The number of amides is 2. The first kappa shape index (κ1) is 14.4. The molecule has 0 aliphatic carbocycles. The van der Waals surface area contributed by atoms with E-state index < -0.39 is 11.2 Å². The second-order valence-electron chi connectivity index (χ2n) is 6.85. The largest absolute Gasteiger partial charge is 0.506 e. The van der Waals surface area contributed by atoms with Crippen LogP contribution in [-0.2, 0) is 14.3 Å². The minimum absolute atomic E-state index is 0.00272. The zero-order chi connectivity index (χ0) is 17.6. The third-order valence-corrected chi connectivity index (χ3v) is 5.19. The van der Waals surface area contributed by atoms with Gasteiger partial charge in [0.1, 0.15) is 22.5 Å². The number of rotatable bonds is 1. The maximum absolute atomic E-state index is 13.1. The summed E-state index contributed by atoms with van der Waals surface area (Å²) in [6.45, 7) is 3.59. The van der Waals surface area contributed by atoms with Crippen LogP contribution < -0.4 is 4.90 Å². The van der Waals surface area contributed by atoms with E-state index in [0.29, 0.717) is 27.7 Å². The number of imide groups is 1. The Balaban J connectivity index is 1.72. The Morgan fingerprint density at radius 2 is 1.68 bits per heavy atom. The van der Waals surface area contributed by atoms with Crippen LogP contribution in [0.3, 0.4) is 0 Å². The Bertz CT molecular complexity index is 1030. The number of nitrogens with zero attached hydrogens (tertiary/aromatic N) is 2. The average Bonchev–Trinajstić information content (AvgIpc) is 3.13. The molecule has 5 rings (SSSR count). The first-order valence-corrected chi connectivity index (χ1v) is 7.97. The summed E-state index contributed by atoms with van der Waals surface area (Å²) in [5.41, 5.74) is -0.202. The van der Waals surface area contributed by atoms with E-state index in [1.165, 1.54) is 11.0 Å². The van der Waals surface area contributed by atoms with E-state index in [1.54, 1.807) is 38.2 Å². The number of benzene rings is 1. The van der Waals surface area contributed by atoms with E-state index in [4.69, 9.17) is 4.74 Å². The van der Waals surface area contributed by atoms with E-state index in [-0.39, 0.29) is 17.6 Å². The van der Waals surface area contributed by atoms with Crippen LogP contribution in [-0.4, -0.2) is 33.1 Å². The van der Waals surface area contributed by atoms with E-state index in [1.807, 2.05) is 12.2 Å². The number of anilines is 1. The topological polar surface area (TPSA) is 79.7 Å². The Hall–Kier alpha value is -2.99. The van der Waals surface area contributed by atoms with E-state index >= 15 is 0 Å². The molecule has 0 spiro atoms. The molecule has 124 valence electrons. The van der Waals surface area contributed by atoms with Gasteiger partial charge in [-0.15, -0.1) is 0 Å². The number of phenols is 1. The molecule has 1 aromatic heterocycles. The number of hydrogen-bond donors (Lipinski definition) is 1. The van der Waals surface area contributed by atoms with Gasteiger partial charge in [-0.25, -0.2) is 4.90 Å². The quantitative estimate of drug-likeness (QED) is 0.639. The molecule has 6 heteroatoms. The lowest BCUT2D eigenvalue weighted by Gasteiger charge is -2.27. The molecule has 25 heavy (non-hydrogen) atoms. The molecular weight excluding hydrogens is 320 g/mol. The van der Waals surface area contributed by atoms with Gasteiger partial charge in [-0.3, -0.25) is 14.6 Å². The number of fused-ring (bicyclic) bond motifs is 5. The summed E-state index contributed by atoms with van der Waals surface area (Å²) in [5.74, 6) is -0.763. The maximum Gasteiger partial charge on any atom is 0.265 e. The zero-order valence-electron chi connectivity index (χ0n) is 13.6. The lowest BCUT2D eigenvalue weighted by atomic mass is 9.85. The first-order valence-electron chi connectivity index (χ1n) is 7.97. The van der Waals surface area contributed by atoms with Crippen LogP contribution in [0.5, 0.6) is 5.75 Å². The lowest BCUT2D eigenvalue weighted by molar-refractivity contribution is -0.123. The molecule has 3 aliphatic rings. The van der Waals surface area contributed by atoms with E-state index in [2.05, 4.69) is 4.98 Å². The fourth-order valence-corrected chi connectivity index (χ4v) is 4.10. The second kappa shape index (κ2) is 4.15. The molecular formula is C19H14N2O4. The number of phenolic OH excluding ortho intramolecular Hbond substituents is 1. The molecule has 3 aliphatic heterocycles. The summed E-state index contributed by atoms with van der Waals surface area (Å²) < 4.78 is 5.94. The normalized spacial score (nSPS) is 30.1. The predicted octanol–water partition coefficient (Wildman–Crippen LogP) is 2.23. The Kier molecular flexibility index (Phi) is 2.39. The third-order valence-electron chi connectivity index (χ3n) is 5.19. The number of carbonyl (C=O) groups is 2. The van der Waals surface area contributed by atoms with Gasteiger partial charge in [-0.1, -0.05) is 0 Å². The highest BCUT2D eigenvalue weighted by Gasteiger charge is 2.62. The summed E-state index contributed by atoms with van der Waals surface area (Å²) in [4.78, 5) is 31.5. The first-order chi connectivity index (χ1) is 11.9. The molecule has 0 fully saturated rings. The zero-order valence-corrected chi connectivity index (χ0v) is 13.6. The lowest BCUT2D eigenvalue weighted by Crippen LogP contribution is -2.40. The van der Waals surface area contributed by atoms with Crippen molar-refractivity contribution < 1.29 is 19.4 Å². The Morgan fingerprint density at radius 3 is 2.32 bits per heavy atom. The van der Waals surface area contributed by atoms with Crippen molar-refractivity contribution in [2.45, 2.75) is 25.0 Å². The molecule has 2 amide bonds. The van der Waals surface area contributed by atoms with Crippen LogP contribution in [0.15, 0.2) is 53.8 Å². The van der Waals surface area contributed by atoms with Gasteiger partial charge in [-0.05, 0) is 50.3 Å². The summed E-state index contributed by atoms with van der Waals surface area (Å²) in [7, 11) is 0. The van der Waals surface area contributed by atoms with Gasteiger partial charge in [0.15, 0.2) is 0 Å². The van der Waals surface area contributed by atoms with E-state index in [0.717, 1.165) is 0 Å². The van der Waals surface area contributed by atoms with Crippen molar-refractivity contribution in [1.82, 2.24) is 4.98 Å². The van der Waals surface area contributed by atoms with Crippen molar-refractivity contribution >= 4 is 28.4 Å². The Morgan fingerprint density at radius 1 is 1.04 bits per heavy atom. The van der Waals surface area contributed by atoms with Crippen LogP contribution in [0, 0.1) is 0 Å². The minimum atomic E-state index is -0.878. The molecule has 2 atom stereocenters. The molecule has 2 aromatic rings. The highest BCUT2D eigenvalue weighted by atomic mass is 16.5. The molecule has 1 N–H and O–H groups in total. The van der Waals surface area contributed by atoms with Gasteiger partial charge >= 0.3 is 0 Å². The van der Waals surface area contributed by atoms with Gasteiger partial charge in [0.25, 0.3) is 11.8 Å². The molecule has 0 saturated carbocycles. The highest BCUT2D eigenvalue weighted by Crippen LogP contribution is 2.54. The highest BCUT2D eigenvalue weighted by molar-refractivity contribution is 6.36. The van der Waals surface area contributed by atoms with Crippen molar-refractivity contribution in [3.05, 3.63) is 53.8 Å². The van der Waals surface area contributed by atoms with Crippen LogP contribution >= 0.6 is 0 Å². The fraction of sp³-hybridized carbons (Fsp3) is 0.211. The third kappa shape index (κ3) is 1.55. The van der Waals surface area contributed by atoms with Gasteiger partial charge in [0, 0.05) is 11.6 Å². The summed E-state index contributed by atoms with van der Waals surface area (Å²) in [5, 5.41) is 10.6. The van der Waals surface area contributed by atoms with Crippen molar-refractivity contribution in [3.8, 4) is 5.75 Å². The summed E-state index contributed by atoms with van der Waals surface area (Å²) in [6.07, 6.45) is 5.21. The number of hydrogen-bond acceptors (Lipinski definition) is 5. The number of ether oxygens (including phenoxy) is 1. The fourth-order valence-electron chi connectivity index (χ4n) is 4.10. The summed E-state index contributed by atoms with van der Waals surface area (Å²) >= 11 is 0. The number of carbonyl (C=O) groups excluding carboxylic acids is 2. The molecule has 2 bridgehead atoms. The van der Waals surface area contributed by atoms with Crippen molar-refractivity contribution in [2.24, 2.45) is 0 Å². The number of pyridine rings is 1. The Labute approximate surface area is 143 Å². The van der Waals surface area contributed by atoms with Crippen LogP contribution in [0.4, 0.5) is 5.69 Å². The monoisotopic (exact) mass is 334 g/mol. The SMILES string of the molecule is CC12C=CC(C)(O1)C1=C2C(=O)N(c2ccc(O)c3ncccc23)C1=O. The molecule has 1 aromatic carbocycles. The molecule has 4 heterocycles. The smallest absolute Gasteiger partial charge is 0.265 e. The van der Waals surface area contributed by atoms with Crippen molar-refractivity contribution in [1.29, 1.82) is 0 Å². The van der Waals surface area contributed by atoms with Crippen molar-refractivity contribution in [2.75, 3.05) is 4.90 Å². The van der Waals surface area contributed by atoms with Crippen LogP contribution in [0.1, 0.15) is 13.8 Å². The van der Waals surface area contributed by atoms with Gasteiger partial charge in [-0.2, -0.15) is 0 Å². The van der Waals surface area contributed by atoms with Gasteiger partial charge < -0.3 is 9.84 Å². The minimum Gasteiger partial charge on any atom is -0.506 e. The number of aromatic hydroxyl groups is 1. The molecule has 0 radical (unpaired) electrons. The van der Waals surface area contributed by atoms with Crippen molar-refractivity contribution in [3.63, 3.8) is 0 Å². The van der Waals surface area contributed by atoms with Gasteiger partial charge in [0.05, 0.1) is 16.8 Å². The molecule has 6 nitrogen and oxygen atoms in total. The molecule has 0 saturated heterocycles. The standard InChI is InChI=1S/C19H14N2O4/c1-18-7-8-19(2,25-18)14-13(18)16(23)21(17(14)24)11-5-6-12(22)15-10(11)4-3-9-20-15/h3-9,22H,1-2H3. The average molecular weight is 334 g/mol. The van der Waals surface area contributed by atoms with Crippen LogP contribution in [0.25, 0.3) is 10.9 Å². The number of aromatic nitrogens is 1. The van der Waals surface area contributed by atoms with Crippen LogP contribution in [0.2, 0.25) is 0 Å². The second-order valence-corrected chi connectivity index (χ2v) is 6.85. The maximum atomic E-state index is 13.1. The van der Waals surface area contributed by atoms with Gasteiger partial charge in [0.2, 0.25) is 0 Å². The van der Waals surface area contributed by atoms with E-state index in [9.17, 15) is 14.7 Å². The predicted molar refractivity (Wildman–Crippen MR) is 90.0 cm³/mol.